The molecule has 1 saturated heterocycles. The van der Waals surface area contributed by atoms with Crippen LogP contribution in [0.2, 0.25) is 0 Å². The Hall–Kier alpha value is -2.58. The number of nitrogens with zero attached hydrogens (tertiary/aromatic N) is 1. The fraction of sp³-hybridized carbons (Fsp3) is 0.872. The topological polar surface area (TPSA) is 122 Å². The molecule has 0 aromatic carbocycles. The highest BCUT2D eigenvalue weighted by atomic mass is 16.6. The second kappa shape index (κ2) is 14.6. The van der Waals surface area contributed by atoms with Crippen molar-refractivity contribution in [1.29, 1.82) is 0 Å². The molecule has 2 amide bonds. The van der Waals surface area contributed by atoms with E-state index < -0.39 is 23.0 Å². The highest BCUT2D eigenvalue weighted by Crippen LogP contribution is 2.78. The van der Waals surface area contributed by atoms with Crippen LogP contribution in [0.25, 0.3) is 0 Å². The summed E-state index contributed by atoms with van der Waals surface area (Å²) in [6, 6.07) is 0.0768. The van der Waals surface area contributed by atoms with Gasteiger partial charge in [0.15, 0.2) is 0 Å². The summed E-state index contributed by atoms with van der Waals surface area (Å²) in [6.07, 6.45) is 12.4. The minimum atomic E-state index is -1.16. The number of carboxylic acid groups (broad SMARTS) is 1. The Morgan fingerprint density at radius 1 is 0.804 bits per heavy atom. The lowest BCUT2D eigenvalue weighted by atomic mass is 9.32. The number of ether oxygens (including phenoxy) is 2. The number of carbonyl (C=O) groups is 4. The predicted octanol–water partition coefficient (Wildman–Crippen LogP) is 9.96. The van der Waals surface area contributed by atoms with Crippen LogP contribution < -0.4 is 5.32 Å². The molecule has 9 nitrogen and oxygen atoms in total. The lowest BCUT2D eigenvalue weighted by Crippen LogP contribution is -2.67. The molecule has 0 aromatic heterocycles. The van der Waals surface area contributed by atoms with Gasteiger partial charge >= 0.3 is 18.0 Å². The van der Waals surface area contributed by atoms with E-state index in [0.717, 1.165) is 64.2 Å². The largest absolute Gasteiger partial charge is 0.481 e. The Bertz CT molecular complexity index is 1570. The highest BCUT2D eigenvalue weighted by Gasteiger charge is 2.71. The van der Waals surface area contributed by atoms with Crippen LogP contribution >= 0.6 is 0 Å². The van der Waals surface area contributed by atoms with Gasteiger partial charge in [-0.3, -0.25) is 14.4 Å². The molecular weight excluding hydrogens is 705 g/mol. The quantitative estimate of drug-likeness (QED) is 0.186. The first-order valence-electron chi connectivity index (χ1n) is 22.2. The van der Waals surface area contributed by atoms with Crippen LogP contribution in [0.3, 0.4) is 0 Å². The molecule has 0 spiro atoms. The van der Waals surface area contributed by atoms with Crippen molar-refractivity contribution in [2.45, 2.75) is 184 Å². The van der Waals surface area contributed by atoms with Crippen molar-refractivity contribution >= 4 is 23.9 Å². The number of hydrogen-bond acceptors (Lipinski definition) is 6. The molecule has 6 fully saturated rings. The van der Waals surface area contributed by atoms with Gasteiger partial charge in [0.1, 0.15) is 11.7 Å². The van der Waals surface area contributed by atoms with Gasteiger partial charge in [-0.2, -0.15) is 0 Å². The second-order valence-corrected chi connectivity index (χ2v) is 22.7. The SMILES string of the molecule is C=C(C)[C@@H]1CC[C@]2(CC(=O)NC3CCN(C(=O)OC(C)(C)C)CC3)CC[C@]3(C)[C@H](CC[C@@H]4[C@@]5(C)CC[C@H](OC(=O)CC(C)(C)C(=O)O)C(C)(C)[C@@H]5CC[C@]43C)[C@@H]12. The molecule has 0 bridgehead atoms. The maximum Gasteiger partial charge on any atom is 0.410 e. The van der Waals surface area contributed by atoms with Crippen LogP contribution in [-0.2, 0) is 23.9 Å². The average molecular weight is 781 g/mol. The van der Waals surface area contributed by atoms with Crippen molar-refractivity contribution in [3.63, 3.8) is 0 Å². The van der Waals surface area contributed by atoms with Crippen molar-refractivity contribution in [2.24, 2.45) is 62.1 Å². The van der Waals surface area contributed by atoms with Crippen molar-refractivity contribution in [3.05, 3.63) is 12.2 Å². The maximum absolute atomic E-state index is 14.1. The third kappa shape index (κ3) is 7.34. The second-order valence-electron chi connectivity index (χ2n) is 22.7. The van der Waals surface area contributed by atoms with Gasteiger partial charge in [-0.15, -0.1) is 0 Å². The van der Waals surface area contributed by atoms with E-state index in [1.807, 2.05) is 20.8 Å². The molecule has 0 aromatic rings. The summed E-state index contributed by atoms with van der Waals surface area (Å²) >= 11 is 0. The average Bonchev–Trinajstić information content (AvgIpc) is 3.45. The zero-order chi connectivity index (χ0) is 41.4. The number of piperidine rings is 1. The summed E-state index contributed by atoms with van der Waals surface area (Å²) in [4.78, 5) is 53.4. The van der Waals surface area contributed by atoms with Gasteiger partial charge in [-0.05, 0) is 170 Å². The molecule has 6 rings (SSSR count). The zero-order valence-corrected chi connectivity index (χ0v) is 36.9. The molecule has 56 heavy (non-hydrogen) atoms. The highest BCUT2D eigenvalue weighted by molar-refractivity contribution is 5.81. The number of carbonyl (C=O) groups excluding carboxylic acids is 3. The first-order valence-corrected chi connectivity index (χ1v) is 22.2. The van der Waals surface area contributed by atoms with Gasteiger partial charge in [-0.1, -0.05) is 46.8 Å². The number of nitrogens with one attached hydrogen (secondary N) is 1. The van der Waals surface area contributed by atoms with E-state index in [9.17, 15) is 24.3 Å². The van der Waals surface area contributed by atoms with E-state index in [1.165, 1.54) is 18.4 Å². The Labute approximate surface area is 338 Å². The smallest absolute Gasteiger partial charge is 0.410 e. The Balaban J connectivity index is 1.17. The van der Waals surface area contributed by atoms with Crippen molar-refractivity contribution < 1.29 is 33.8 Å². The third-order valence-electron chi connectivity index (χ3n) is 17.6. The van der Waals surface area contributed by atoms with Gasteiger partial charge in [0, 0.05) is 31.0 Å². The number of likely N-dealkylation sites (tertiary alicyclic amines) is 1. The first kappa shape index (κ1) is 43.0. The van der Waals surface area contributed by atoms with Crippen LogP contribution in [0.1, 0.15) is 166 Å². The maximum atomic E-state index is 14.1. The van der Waals surface area contributed by atoms with Crippen molar-refractivity contribution in [1.82, 2.24) is 10.2 Å². The van der Waals surface area contributed by atoms with Crippen LogP contribution in [0.5, 0.6) is 0 Å². The fourth-order valence-corrected chi connectivity index (χ4v) is 14.5. The summed E-state index contributed by atoms with van der Waals surface area (Å²) in [7, 11) is 0. The van der Waals surface area contributed by atoms with Gasteiger partial charge in [0.2, 0.25) is 5.91 Å². The number of esters is 1. The number of aliphatic carboxylic acids is 1. The molecule has 0 unspecified atom stereocenters. The predicted molar refractivity (Wildman–Crippen MR) is 218 cm³/mol. The molecule has 2 N–H and O–H groups in total. The lowest BCUT2D eigenvalue weighted by Gasteiger charge is -2.73. The molecular formula is C47H76N2O7. The number of amides is 2. The van der Waals surface area contributed by atoms with Gasteiger partial charge in [-0.25, -0.2) is 4.79 Å². The number of hydrogen-bond donors (Lipinski definition) is 2. The van der Waals surface area contributed by atoms with Crippen LogP contribution in [0.4, 0.5) is 4.79 Å². The van der Waals surface area contributed by atoms with Crippen LogP contribution in [0.15, 0.2) is 12.2 Å². The van der Waals surface area contributed by atoms with E-state index >= 15 is 0 Å². The molecule has 5 aliphatic carbocycles. The fourth-order valence-electron chi connectivity index (χ4n) is 14.5. The van der Waals surface area contributed by atoms with Gasteiger partial charge in [0.05, 0.1) is 11.8 Å². The van der Waals surface area contributed by atoms with Crippen molar-refractivity contribution in [2.75, 3.05) is 13.1 Å². The molecule has 9 heteroatoms. The number of rotatable bonds is 8. The number of fused-ring (bicyclic) bond motifs is 7. The van der Waals surface area contributed by atoms with E-state index in [1.54, 1.807) is 18.7 Å². The normalized spacial score (nSPS) is 39.6. The number of allylic oxidation sites excluding steroid dienone is 1. The summed E-state index contributed by atoms with van der Waals surface area (Å²) < 4.78 is 11.8. The van der Waals surface area contributed by atoms with E-state index in [2.05, 4.69) is 53.4 Å². The zero-order valence-electron chi connectivity index (χ0n) is 36.9. The minimum Gasteiger partial charge on any atom is -0.481 e. The standard InChI is InChI=1S/C47H76N2O7/c1-29(2)31-15-22-47(27-36(50)48-30-18-25-49(26-19-30)40(54)56-41(3,4)5)24-23-45(11)32(38(31)47)13-14-34-44(10)20-17-35(55-37(51)28-42(6,7)39(52)53)43(8,9)33(44)16-21-46(34,45)12/h30-35,38H,1,13-28H2,2-12H3,(H,48,50)(H,52,53)/t31-,32+,33-,34+,35-,38+,44-,45+,46+,47+/m0/s1. The molecule has 6 aliphatic rings. The Morgan fingerprint density at radius 3 is 2.07 bits per heavy atom. The Kier molecular flexibility index (Phi) is 11.2. The molecule has 10 atom stereocenters. The minimum absolute atomic E-state index is 0.0154. The summed E-state index contributed by atoms with van der Waals surface area (Å²) in [6.45, 7) is 29.2. The molecule has 316 valence electrons. The summed E-state index contributed by atoms with van der Waals surface area (Å²) in [5.41, 5.74) is -0.208. The van der Waals surface area contributed by atoms with Crippen LogP contribution in [-0.4, -0.2) is 64.8 Å². The van der Waals surface area contributed by atoms with E-state index in [-0.39, 0.29) is 57.6 Å². The number of carboxylic acids is 1. The molecule has 1 heterocycles. The van der Waals surface area contributed by atoms with Gasteiger partial charge < -0.3 is 24.8 Å². The van der Waals surface area contributed by atoms with E-state index in [4.69, 9.17) is 9.47 Å². The van der Waals surface area contributed by atoms with Crippen LogP contribution in [0, 0.1) is 62.1 Å². The third-order valence-corrected chi connectivity index (χ3v) is 17.6. The summed E-state index contributed by atoms with van der Waals surface area (Å²) in [5.74, 6) is 1.18. The van der Waals surface area contributed by atoms with Gasteiger partial charge in [0.25, 0.3) is 0 Å². The Morgan fingerprint density at radius 2 is 1.46 bits per heavy atom. The molecule has 5 saturated carbocycles. The first-order chi connectivity index (χ1) is 25.8. The molecule has 1 aliphatic heterocycles. The monoisotopic (exact) mass is 781 g/mol. The molecule has 0 radical (unpaired) electrons. The summed E-state index contributed by atoms with van der Waals surface area (Å²) in [5, 5.41) is 13.1. The lowest BCUT2D eigenvalue weighted by molar-refractivity contribution is -0.250. The van der Waals surface area contributed by atoms with Crippen molar-refractivity contribution in [3.8, 4) is 0 Å². The van der Waals surface area contributed by atoms with E-state index in [0.29, 0.717) is 49.1 Å².